The second-order valence-electron chi connectivity index (χ2n) is 5.87. The van der Waals surface area contributed by atoms with Crippen LogP contribution < -0.4 is 4.90 Å². The van der Waals surface area contributed by atoms with Gasteiger partial charge >= 0.3 is 0 Å². The second-order valence-corrected chi connectivity index (χ2v) is 5.87. The van der Waals surface area contributed by atoms with E-state index in [1.165, 1.54) is 6.92 Å². The van der Waals surface area contributed by atoms with Crippen LogP contribution in [-0.2, 0) is 6.54 Å². The summed E-state index contributed by atoms with van der Waals surface area (Å²) in [5.74, 6) is 0.840. The Morgan fingerprint density at radius 2 is 2.05 bits per heavy atom. The van der Waals surface area contributed by atoms with Gasteiger partial charge in [-0.05, 0) is 45.4 Å². The molecule has 0 radical (unpaired) electrons. The van der Waals surface area contributed by atoms with Crippen molar-refractivity contribution >= 4 is 11.6 Å². The van der Waals surface area contributed by atoms with Crippen LogP contribution in [0.15, 0.2) is 22.8 Å². The normalized spacial score (nSPS) is 13.9. The molecule has 118 valence electrons. The van der Waals surface area contributed by atoms with Crippen LogP contribution >= 0.6 is 0 Å². The highest BCUT2D eigenvalue weighted by Gasteiger charge is 2.28. The number of Topliss-reactive ketones (excluding diaryl/α,β-unsaturated/α-hetero) is 2. The molecule has 2 atom stereocenters. The molecule has 0 saturated heterocycles. The van der Waals surface area contributed by atoms with Crippen molar-refractivity contribution in [3.63, 3.8) is 0 Å². The molecule has 5 heteroatoms. The molecule has 0 fully saturated rings. The molecule has 2 rings (SSSR count). The molecule has 0 aliphatic rings. The lowest BCUT2D eigenvalue weighted by Gasteiger charge is -2.19. The lowest BCUT2D eigenvalue weighted by atomic mass is 10.0. The predicted molar refractivity (Wildman–Crippen MR) is 83.4 cm³/mol. The van der Waals surface area contributed by atoms with E-state index >= 15 is 0 Å². The fourth-order valence-electron chi connectivity index (χ4n) is 2.81. The highest BCUT2D eigenvalue weighted by molar-refractivity contribution is 6.04. The molecular formula is C17H23N2O3+. The van der Waals surface area contributed by atoms with Crippen molar-refractivity contribution in [2.75, 3.05) is 7.05 Å². The zero-order valence-corrected chi connectivity index (χ0v) is 13.7. The standard InChI is InChI=1S/C17H22N2O3/c1-10-15(13(4)20)11(2)18-16(10)17(21)12(3)19(5)9-14-7-6-8-22-14/h6-8,12,18H,9H2,1-5H3/p+1/t12-/m1/s1. The summed E-state index contributed by atoms with van der Waals surface area (Å²) in [5.41, 5.74) is 2.66. The van der Waals surface area contributed by atoms with Gasteiger partial charge < -0.3 is 14.3 Å². The number of aromatic amines is 1. The number of H-pyrrole nitrogens is 1. The minimum atomic E-state index is -0.235. The molecule has 0 bridgehead atoms. The Balaban J connectivity index is 2.20. The summed E-state index contributed by atoms with van der Waals surface area (Å²) in [6.45, 7) is 7.70. The van der Waals surface area contributed by atoms with Crippen molar-refractivity contribution in [3.05, 3.63) is 46.7 Å². The van der Waals surface area contributed by atoms with Gasteiger partial charge in [-0.2, -0.15) is 0 Å². The molecule has 22 heavy (non-hydrogen) atoms. The highest BCUT2D eigenvalue weighted by Crippen LogP contribution is 2.19. The molecule has 0 amide bonds. The number of carbonyl (C=O) groups is 2. The maximum atomic E-state index is 12.7. The third-order valence-corrected chi connectivity index (χ3v) is 4.20. The Kier molecular flexibility index (Phi) is 4.66. The first-order chi connectivity index (χ1) is 10.3. The SMILES string of the molecule is CC(=O)c1c(C)[nH]c(C(=O)[C@@H](C)[NH+](C)Cc2ccco2)c1C. The fourth-order valence-corrected chi connectivity index (χ4v) is 2.81. The molecule has 0 spiro atoms. The third kappa shape index (κ3) is 3.04. The van der Waals surface area contributed by atoms with Crippen molar-refractivity contribution in [1.82, 2.24) is 4.98 Å². The molecule has 2 heterocycles. The van der Waals surface area contributed by atoms with Gasteiger partial charge in [-0.15, -0.1) is 0 Å². The third-order valence-electron chi connectivity index (χ3n) is 4.20. The number of likely N-dealkylation sites (N-methyl/N-ethyl adjacent to an activating group) is 1. The Hall–Kier alpha value is -2.14. The Morgan fingerprint density at radius 3 is 2.55 bits per heavy atom. The number of hydrogen-bond acceptors (Lipinski definition) is 3. The number of aryl methyl sites for hydroxylation is 1. The van der Waals surface area contributed by atoms with Gasteiger partial charge in [0.05, 0.1) is 19.0 Å². The summed E-state index contributed by atoms with van der Waals surface area (Å²) in [4.78, 5) is 28.5. The molecule has 2 aromatic rings. The van der Waals surface area contributed by atoms with Crippen molar-refractivity contribution in [1.29, 1.82) is 0 Å². The van der Waals surface area contributed by atoms with Gasteiger partial charge in [0.1, 0.15) is 6.54 Å². The lowest BCUT2D eigenvalue weighted by molar-refractivity contribution is -0.908. The smallest absolute Gasteiger partial charge is 0.235 e. The average molecular weight is 303 g/mol. The minimum Gasteiger partial charge on any atom is -0.463 e. The molecule has 2 N–H and O–H groups in total. The predicted octanol–water partition coefficient (Wildman–Crippen LogP) is 1.71. The van der Waals surface area contributed by atoms with Gasteiger partial charge in [-0.3, -0.25) is 9.59 Å². The summed E-state index contributed by atoms with van der Waals surface area (Å²) in [6, 6.07) is 3.51. The van der Waals surface area contributed by atoms with E-state index in [9.17, 15) is 9.59 Å². The molecule has 1 unspecified atom stereocenters. The molecule has 0 aliphatic heterocycles. The lowest BCUT2D eigenvalue weighted by Crippen LogP contribution is -3.12. The van der Waals surface area contributed by atoms with E-state index in [4.69, 9.17) is 4.42 Å². The monoisotopic (exact) mass is 303 g/mol. The van der Waals surface area contributed by atoms with E-state index in [1.807, 2.05) is 40.0 Å². The number of aromatic nitrogens is 1. The molecular weight excluding hydrogens is 280 g/mol. The van der Waals surface area contributed by atoms with Crippen LogP contribution in [0.25, 0.3) is 0 Å². The number of ketones is 2. The second kappa shape index (κ2) is 6.32. The highest BCUT2D eigenvalue weighted by atomic mass is 16.3. The number of quaternary nitrogens is 1. The van der Waals surface area contributed by atoms with Gasteiger partial charge in [-0.25, -0.2) is 0 Å². The van der Waals surface area contributed by atoms with E-state index in [-0.39, 0.29) is 17.6 Å². The average Bonchev–Trinajstić information content (AvgIpc) is 3.05. The molecule has 2 aromatic heterocycles. The van der Waals surface area contributed by atoms with Crippen LogP contribution in [0.4, 0.5) is 0 Å². The van der Waals surface area contributed by atoms with Crippen LogP contribution in [0.1, 0.15) is 51.7 Å². The fraction of sp³-hybridized carbons (Fsp3) is 0.412. The van der Waals surface area contributed by atoms with E-state index < -0.39 is 0 Å². The minimum absolute atomic E-state index is 0.0113. The number of nitrogens with one attached hydrogen (secondary N) is 2. The number of furan rings is 1. The Labute approximate surface area is 130 Å². The molecule has 0 aliphatic carbocycles. The first-order valence-corrected chi connectivity index (χ1v) is 7.42. The Bertz CT molecular complexity index is 683. The molecule has 5 nitrogen and oxygen atoms in total. The van der Waals surface area contributed by atoms with Gasteiger partial charge in [0, 0.05) is 11.3 Å². The Morgan fingerprint density at radius 1 is 1.36 bits per heavy atom. The van der Waals surface area contributed by atoms with Crippen LogP contribution in [0.2, 0.25) is 0 Å². The van der Waals surface area contributed by atoms with Gasteiger partial charge in [0.15, 0.2) is 17.6 Å². The number of carbonyl (C=O) groups excluding carboxylic acids is 2. The summed E-state index contributed by atoms with van der Waals surface area (Å²) in [7, 11) is 1.96. The first-order valence-electron chi connectivity index (χ1n) is 7.42. The zero-order valence-electron chi connectivity index (χ0n) is 13.7. The van der Waals surface area contributed by atoms with E-state index in [0.29, 0.717) is 17.8 Å². The largest absolute Gasteiger partial charge is 0.463 e. The van der Waals surface area contributed by atoms with Crippen LogP contribution in [0, 0.1) is 13.8 Å². The van der Waals surface area contributed by atoms with Crippen LogP contribution in [0.5, 0.6) is 0 Å². The molecule has 0 aromatic carbocycles. The van der Waals surface area contributed by atoms with E-state index in [0.717, 1.165) is 21.9 Å². The number of hydrogen-bond donors (Lipinski definition) is 2. The number of rotatable bonds is 6. The van der Waals surface area contributed by atoms with E-state index in [2.05, 4.69) is 4.98 Å². The van der Waals surface area contributed by atoms with Crippen molar-refractivity contribution < 1.29 is 18.9 Å². The first kappa shape index (κ1) is 16.2. The van der Waals surface area contributed by atoms with Gasteiger partial charge in [0.2, 0.25) is 5.78 Å². The molecule has 0 saturated carbocycles. The quantitative estimate of drug-likeness (QED) is 0.798. The van der Waals surface area contributed by atoms with Crippen molar-refractivity contribution in [2.24, 2.45) is 0 Å². The summed E-state index contributed by atoms with van der Waals surface area (Å²) in [5, 5.41) is 0. The van der Waals surface area contributed by atoms with Crippen LogP contribution in [0.3, 0.4) is 0 Å². The summed E-state index contributed by atoms with van der Waals surface area (Å²) in [6.07, 6.45) is 1.63. The summed E-state index contributed by atoms with van der Waals surface area (Å²) < 4.78 is 5.33. The van der Waals surface area contributed by atoms with E-state index in [1.54, 1.807) is 6.26 Å². The van der Waals surface area contributed by atoms with Crippen molar-refractivity contribution in [2.45, 2.75) is 40.3 Å². The maximum absolute atomic E-state index is 12.7. The van der Waals surface area contributed by atoms with Crippen molar-refractivity contribution in [3.8, 4) is 0 Å². The summed E-state index contributed by atoms with van der Waals surface area (Å²) >= 11 is 0. The maximum Gasteiger partial charge on any atom is 0.235 e. The zero-order chi connectivity index (χ0) is 16.4. The van der Waals surface area contributed by atoms with Crippen LogP contribution in [-0.4, -0.2) is 29.6 Å². The van der Waals surface area contributed by atoms with Gasteiger partial charge in [0.25, 0.3) is 0 Å². The van der Waals surface area contributed by atoms with Gasteiger partial charge in [-0.1, -0.05) is 0 Å². The topological polar surface area (TPSA) is 67.5 Å².